The third-order valence-corrected chi connectivity index (χ3v) is 6.30. The van der Waals surface area contributed by atoms with Crippen LogP contribution < -0.4 is 4.90 Å². The van der Waals surface area contributed by atoms with Crippen LogP contribution in [0.4, 0.5) is 17.1 Å². The number of nitrogens with zero attached hydrogens (tertiary/aromatic N) is 3. The number of anilines is 3. The van der Waals surface area contributed by atoms with E-state index in [9.17, 15) is 0 Å². The summed E-state index contributed by atoms with van der Waals surface area (Å²) in [6.45, 7) is 0. The van der Waals surface area contributed by atoms with E-state index in [0.717, 1.165) is 28.2 Å². The minimum atomic E-state index is -0.527. The molecule has 3 heterocycles. The van der Waals surface area contributed by atoms with Gasteiger partial charge in [0.05, 0.1) is 16.8 Å². The maximum absolute atomic E-state index is 4.52. The number of aromatic nitrogens is 2. The van der Waals surface area contributed by atoms with E-state index in [1.807, 2.05) is 36.9 Å². The average Bonchev–Trinajstić information content (AvgIpc) is 2.89. The Kier molecular flexibility index (Phi) is 4.32. The lowest BCUT2D eigenvalue weighted by molar-refractivity contribution is 0.722. The van der Waals surface area contributed by atoms with Crippen LogP contribution in [0.3, 0.4) is 0 Å². The molecule has 3 heteroatoms. The monoisotopic (exact) mass is 411 g/mol. The van der Waals surface area contributed by atoms with Crippen LogP contribution in [0.15, 0.2) is 128 Å². The van der Waals surface area contributed by atoms with E-state index >= 15 is 0 Å². The number of pyridine rings is 2. The molecule has 0 bridgehead atoms. The van der Waals surface area contributed by atoms with Crippen molar-refractivity contribution in [1.29, 1.82) is 0 Å². The van der Waals surface area contributed by atoms with Gasteiger partial charge in [0.2, 0.25) is 0 Å². The molecule has 0 unspecified atom stereocenters. The largest absolute Gasteiger partial charge is 0.310 e. The van der Waals surface area contributed by atoms with E-state index in [2.05, 4.69) is 106 Å². The van der Waals surface area contributed by atoms with Gasteiger partial charge < -0.3 is 4.90 Å². The molecule has 32 heavy (non-hydrogen) atoms. The fourth-order valence-electron chi connectivity index (χ4n) is 5.06. The molecule has 0 amide bonds. The maximum atomic E-state index is 4.52. The molecule has 2 aromatic heterocycles. The highest BCUT2D eigenvalue weighted by Crippen LogP contribution is 2.57. The van der Waals surface area contributed by atoms with Gasteiger partial charge in [-0.2, -0.15) is 0 Å². The summed E-state index contributed by atoms with van der Waals surface area (Å²) >= 11 is 0. The predicted octanol–water partition coefficient (Wildman–Crippen LogP) is 6.64. The molecule has 0 radical (unpaired) electrons. The fourth-order valence-corrected chi connectivity index (χ4v) is 5.06. The van der Waals surface area contributed by atoms with Gasteiger partial charge in [0.25, 0.3) is 0 Å². The van der Waals surface area contributed by atoms with E-state index in [-0.39, 0.29) is 0 Å². The highest BCUT2D eigenvalue weighted by Gasteiger charge is 2.46. The van der Waals surface area contributed by atoms with Crippen LogP contribution in [0, 0.1) is 0 Å². The van der Waals surface area contributed by atoms with Crippen LogP contribution in [0.2, 0.25) is 0 Å². The molecule has 0 N–H and O–H groups in total. The quantitative estimate of drug-likeness (QED) is 0.327. The zero-order chi connectivity index (χ0) is 21.4. The Hall–Kier alpha value is -4.24. The normalized spacial score (nSPS) is 13.8. The van der Waals surface area contributed by atoms with Gasteiger partial charge in [-0.15, -0.1) is 0 Å². The molecule has 0 fully saturated rings. The van der Waals surface area contributed by atoms with Crippen LogP contribution in [0.1, 0.15) is 22.3 Å². The molecule has 1 aliphatic heterocycles. The molecule has 152 valence electrons. The van der Waals surface area contributed by atoms with Gasteiger partial charge in [-0.3, -0.25) is 9.97 Å². The van der Waals surface area contributed by atoms with Gasteiger partial charge in [0, 0.05) is 30.5 Å². The van der Waals surface area contributed by atoms with E-state index in [1.165, 1.54) is 11.1 Å². The van der Waals surface area contributed by atoms with Crippen molar-refractivity contribution in [1.82, 2.24) is 9.97 Å². The van der Waals surface area contributed by atoms with Crippen molar-refractivity contribution in [2.75, 3.05) is 4.90 Å². The first-order valence-electron chi connectivity index (χ1n) is 10.8. The zero-order valence-electron chi connectivity index (χ0n) is 17.5. The fraction of sp³-hybridized carbons (Fsp3) is 0.0345. The Labute approximate surface area is 187 Å². The minimum absolute atomic E-state index is 0.527. The summed E-state index contributed by atoms with van der Waals surface area (Å²) in [5.74, 6) is 0. The second-order valence-corrected chi connectivity index (χ2v) is 7.94. The van der Waals surface area contributed by atoms with E-state index < -0.39 is 5.41 Å². The molecular weight excluding hydrogens is 390 g/mol. The summed E-state index contributed by atoms with van der Waals surface area (Å²) in [6, 6.07) is 36.3. The van der Waals surface area contributed by atoms with E-state index in [4.69, 9.17) is 0 Å². The van der Waals surface area contributed by atoms with Crippen molar-refractivity contribution in [2.45, 2.75) is 5.41 Å². The van der Waals surface area contributed by atoms with E-state index in [0.29, 0.717) is 0 Å². The number of rotatable bonds is 3. The topological polar surface area (TPSA) is 29.0 Å². The average molecular weight is 412 g/mol. The zero-order valence-corrected chi connectivity index (χ0v) is 17.5. The molecule has 6 rings (SSSR count). The van der Waals surface area contributed by atoms with Crippen molar-refractivity contribution >= 4 is 17.1 Å². The summed E-state index contributed by atoms with van der Waals surface area (Å²) < 4.78 is 0. The van der Waals surface area contributed by atoms with E-state index in [1.54, 1.807) is 0 Å². The Morgan fingerprint density at radius 3 is 1.50 bits per heavy atom. The molecular formula is C29H21N3. The first kappa shape index (κ1) is 18.5. The van der Waals surface area contributed by atoms with Crippen molar-refractivity contribution in [2.24, 2.45) is 0 Å². The van der Waals surface area contributed by atoms with Crippen LogP contribution >= 0.6 is 0 Å². The number of hydrogen-bond acceptors (Lipinski definition) is 3. The lowest BCUT2D eigenvalue weighted by Crippen LogP contribution is -2.37. The van der Waals surface area contributed by atoms with Crippen LogP contribution in [0.5, 0.6) is 0 Å². The molecule has 3 nitrogen and oxygen atoms in total. The number of para-hydroxylation sites is 3. The molecule has 3 aromatic carbocycles. The molecule has 0 aliphatic carbocycles. The standard InChI is InChI=1S/C29H21N3/c1-2-12-24(13-3-1)32-27-16-6-4-14-25(27)29(22-10-8-18-30-20-22,23-11-9-19-31-21-23)26-15-5-7-17-28(26)32/h1-21H. The SMILES string of the molecule is c1ccc(N2c3ccccc3C(c3cccnc3)(c3cccnc3)c3ccccc32)cc1. The molecule has 0 atom stereocenters. The number of hydrogen-bond donors (Lipinski definition) is 0. The predicted molar refractivity (Wildman–Crippen MR) is 129 cm³/mol. The first-order chi connectivity index (χ1) is 15.9. The Bertz CT molecular complexity index is 1280. The summed E-state index contributed by atoms with van der Waals surface area (Å²) in [7, 11) is 0. The molecule has 5 aromatic rings. The van der Waals surface area contributed by atoms with Gasteiger partial charge in [0.1, 0.15) is 0 Å². The molecule has 0 saturated heterocycles. The molecule has 0 spiro atoms. The number of fused-ring (bicyclic) bond motifs is 2. The van der Waals surface area contributed by atoms with Gasteiger partial charge >= 0.3 is 0 Å². The second kappa shape index (κ2) is 7.47. The Balaban J connectivity index is 1.78. The van der Waals surface area contributed by atoms with Crippen LogP contribution in [0.25, 0.3) is 0 Å². The summed E-state index contributed by atoms with van der Waals surface area (Å²) in [6.07, 6.45) is 7.63. The smallest absolute Gasteiger partial charge is 0.0771 e. The Morgan fingerprint density at radius 1 is 0.500 bits per heavy atom. The van der Waals surface area contributed by atoms with Crippen molar-refractivity contribution in [3.05, 3.63) is 150 Å². The second-order valence-electron chi connectivity index (χ2n) is 7.94. The first-order valence-corrected chi connectivity index (χ1v) is 10.8. The highest BCUT2D eigenvalue weighted by molar-refractivity contribution is 5.89. The van der Waals surface area contributed by atoms with Crippen molar-refractivity contribution in [3.63, 3.8) is 0 Å². The highest BCUT2D eigenvalue weighted by atomic mass is 15.2. The molecule has 1 aliphatic rings. The third-order valence-electron chi connectivity index (χ3n) is 6.30. The lowest BCUT2D eigenvalue weighted by atomic mass is 9.63. The van der Waals surface area contributed by atoms with Gasteiger partial charge in [0.15, 0.2) is 0 Å². The molecule has 0 saturated carbocycles. The summed E-state index contributed by atoms with van der Waals surface area (Å²) in [5, 5.41) is 0. The maximum Gasteiger partial charge on any atom is 0.0771 e. The summed E-state index contributed by atoms with van der Waals surface area (Å²) in [4.78, 5) is 11.4. The Morgan fingerprint density at radius 2 is 1.00 bits per heavy atom. The van der Waals surface area contributed by atoms with Gasteiger partial charge in [-0.1, -0.05) is 66.7 Å². The van der Waals surface area contributed by atoms with Crippen molar-refractivity contribution in [3.8, 4) is 0 Å². The van der Waals surface area contributed by atoms with Crippen molar-refractivity contribution < 1.29 is 0 Å². The van der Waals surface area contributed by atoms with Gasteiger partial charge in [-0.25, -0.2) is 0 Å². The number of benzene rings is 3. The lowest BCUT2D eigenvalue weighted by Gasteiger charge is -2.46. The summed E-state index contributed by atoms with van der Waals surface area (Å²) in [5.41, 5.74) is 7.60. The third kappa shape index (κ3) is 2.61. The van der Waals surface area contributed by atoms with Crippen LogP contribution in [-0.4, -0.2) is 9.97 Å². The van der Waals surface area contributed by atoms with Crippen LogP contribution in [-0.2, 0) is 5.41 Å². The van der Waals surface area contributed by atoms with Gasteiger partial charge in [-0.05, 0) is 58.7 Å². The minimum Gasteiger partial charge on any atom is -0.310 e.